The molecule has 84 valence electrons. The molecule has 0 heterocycles. The Bertz CT molecular complexity index is 485. The lowest BCUT2D eigenvalue weighted by Gasteiger charge is -2.11. The van der Waals surface area contributed by atoms with Gasteiger partial charge in [0.25, 0.3) is 0 Å². The standard InChI is InChI=1S/C10H5F4NO/c1-5(16)6-2-3-8(11)9(7(6)4-15)10(12,13)14/h2-3H,1H3. The highest BCUT2D eigenvalue weighted by Gasteiger charge is 2.38. The highest BCUT2D eigenvalue weighted by atomic mass is 19.4. The van der Waals surface area contributed by atoms with Gasteiger partial charge in [-0.15, -0.1) is 0 Å². The van der Waals surface area contributed by atoms with Crippen molar-refractivity contribution >= 4 is 5.78 Å². The number of nitrogens with zero attached hydrogens (tertiary/aromatic N) is 1. The maximum atomic E-state index is 13.0. The highest BCUT2D eigenvalue weighted by molar-refractivity contribution is 5.97. The zero-order valence-corrected chi connectivity index (χ0v) is 8.02. The van der Waals surface area contributed by atoms with Gasteiger partial charge in [-0.1, -0.05) is 0 Å². The molecule has 6 heteroatoms. The molecule has 0 spiro atoms. The van der Waals surface area contributed by atoms with Gasteiger partial charge in [-0.25, -0.2) is 4.39 Å². The molecule has 0 amide bonds. The Hall–Kier alpha value is -1.90. The van der Waals surface area contributed by atoms with Crippen molar-refractivity contribution in [3.8, 4) is 6.07 Å². The first kappa shape index (κ1) is 12.2. The van der Waals surface area contributed by atoms with Gasteiger partial charge in [-0.3, -0.25) is 4.79 Å². The summed E-state index contributed by atoms with van der Waals surface area (Å²) in [5, 5.41) is 8.57. The van der Waals surface area contributed by atoms with Crippen LogP contribution in [0.2, 0.25) is 0 Å². The average molecular weight is 231 g/mol. The Morgan fingerprint density at radius 1 is 1.38 bits per heavy atom. The van der Waals surface area contributed by atoms with E-state index in [0.717, 1.165) is 13.0 Å². The molecule has 0 unspecified atom stereocenters. The van der Waals surface area contributed by atoms with Crippen molar-refractivity contribution in [1.29, 1.82) is 5.26 Å². The Kier molecular flexibility index (Phi) is 2.99. The second-order valence-electron chi connectivity index (χ2n) is 3.01. The first-order valence-electron chi connectivity index (χ1n) is 4.09. The summed E-state index contributed by atoms with van der Waals surface area (Å²) in [5.41, 5.74) is -3.10. The molecule has 1 aromatic rings. The van der Waals surface area contributed by atoms with Crippen LogP contribution in [-0.4, -0.2) is 5.78 Å². The Morgan fingerprint density at radius 3 is 2.31 bits per heavy atom. The maximum absolute atomic E-state index is 13.0. The molecular formula is C10H5F4NO. The van der Waals surface area contributed by atoms with Crippen LogP contribution in [0.1, 0.15) is 28.4 Å². The van der Waals surface area contributed by atoms with Crippen molar-refractivity contribution in [3.05, 3.63) is 34.6 Å². The van der Waals surface area contributed by atoms with Crippen molar-refractivity contribution in [2.75, 3.05) is 0 Å². The van der Waals surface area contributed by atoms with Gasteiger partial charge < -0.3 is 0 Å². The third-order valence-corrected chi connectivity index (χ3v) is 1.93. The molecule has 0 fully saturated rings. The van der Waals surface area contributed by atoms with Crippen molar-refractivity contribution in [1.82, 2.24) is 0 Å². The lowest BCUT2D eigenvalue weighted by Crippen LogP contribution is -2.14. The van der Waals surface area contributed by atoms with E-state index in [1.165, 1.54) is 6.07 Å². The molecule has 0 N–H and O–H groups in total. The van der Waals surface area contributed by atoms with Crippen molar-refractivity contribution in [2.45, 2.75) is 13.1 Å². The van der Waals surface area contributed by atoms with E-state index in [9.17, 15) is 22.4 Å². The van der Waals surface area contributed by atoms with Crippen molar-refractivity contribution < 1.29 is 22.4 Å². The second-order valence-corrected chi connectivity index (χ2v) is 3.01. The molecule has 2 nitrogen and oxygen atoms in total. The maximum Gasteiger partial charge on any atom is 0.420 e. The monoisotopic (exact) mass is 231 g/mol. The number of nitriles is 1. The first-order chi connectivity index (χ1) is 7.29. The molecule has 1 rings (SSSR count). The predicted octanol–water partition coefficient (Wildman–Crippen LogP) is 2.92. The number of hydrogen-bond donors (Lipinski definition) is 0. The van der Waals surface area contributed by atoms with E-state index in [1.54, 1.807) is 0 Å². The fourth-order valence-corrected chi connectivity index (χ4v) is 1.26. The van der Waals surface area contributed by atoms with Gasteiger partial charge in [0, 0.05) is 5.56 Å². The summed E-state index contributed by atoms with van der Waals surface area (Å²) >= 11 is 0. The number of hydrogen-bond acceptors (Lipinski definition) is 2. The summed E-state index contributed by atoms with van der Waals surface area (Å²) in [6.07, 6.45) is -5.00. The predicted molar refractivity (Wildman–Crippen MR) is 46.1 cm³/mol. The SMILES string of the molecule is CC(=O)c1ccc(F)c(C(F)(F)F)c1C#N. The van der Waals surface area contributed by atoms with E-state index in [0.29, 0.717) is 6.07 Å². The Morgan fingerprint density at radius 2 is 1.94 bits per heavy atom. The molecule has 0 atom stereocenters. The fraction of sp³-hybridized carbons (Fsp3) is 0.200. The van der Waals surface area contributed by atoms with Crippen LogP contribution in [0.15, 0.2) is 12.1 Å². The summed E-state index contributed by atoms with van der Waals surface area (Å²) in [6.45, 7) is 1.01. The minimum Gasteiger partial charge on any atom is -0.294 e. The van der Waals surface area contributed by atoms with Crippen molar-refractivity contribution in [2.24, 2.45) is 0 Å². The summed E-state index contributed by atoms with van der Waals surface area (Å²) < 4.78 is 50.3. The third-order valence-electron chi connectivity index (χ3n) is 1.93. The first-order valence-corrected chi connectivity index (χ1v) is 4.09. The molecule has 0 saturated carbocycles. The number of carbonyl (C=O) groups is 1. The molecule has 0 aliphatic heterocycles. The van der Waals surface area contributed by atoms with E-state index in [-0.39, 0.29) is 0 Å². The van der Waals surface area contributed by atoms with Gasteiger partial charge in [-0.05, 0) is 19.1 Å². The number of carbonyl (C=O) groups excluding carboxylic acids is 1. The topological polar surface area (TPSA) is 40.9 Å². The minimum absolute atomic E-state index is 0.434. The van der Waals surface area contributed by atoms with Crippen LogP contribution >= 0.6 is 0 Å². The Labute approximate surface area is 88.1 Å². The zero-order chi connectivity index (χ0) is 12.5. The molecule has 0 radical (unpaired) electrons. The van der Waals surface area contributed by atoms with Crippen molar-refractivity contribution in [3.63, 3.8) is 0 Å². The number of benzene rings is 1. The van der Waals surface area contributed by atoms with Gasteiger partial charge in [0.15, 0.2) is 5.78 Å². The lowest BCUT2D eigenvalue weighted by atomic mass is 9.98. The smallest absolute Gasteiger partial charge is 0.294 e. The van der Waals surface area contributed by atoms with E-state index in [2.05, 4.69) is 0 Å². The Balaban J connectivity index is 3.66. The van der Waals surface area contributed by atoms with E-state index in [1.807, 2.05) is 0 Å². The van der Waals surface area contributed by atoms with Crippen LogP contribution < -0.4 is 0 Å². The number of alkyl halides is 3. The van der Waals surface area contributed by atoms with Gasteiger partial charge in [0.2, 0.25) is 0 Å². The van der Waals surface area contributed by atoms with Crippen LogP contribution in [0.5, 0.6) is 0 Å². The molecule has 0 aliphatic carbocycles. The normalized spacial score (nSPS) is 11.0. The van der Waals surface area contributed by atoms with Crippen LogP contribution in [0.4, 0.5) is 17.6 Å². The molecule has 1 aromatic carbocycles. The molecule has 0 bridgehead atoms. The minimum atomic E-state index is -5.00. The quantitative estimate of drug-likeness (QED) is 0.550. The number of rotatable bonds is 1. The molecular weight excluding hydrogens is 226 g/mol. The van der Waals surface area contributed by atoms with Crippen LogP contribution in [-0.2, 0) is 6.18 Å². The molecule has 0 aromatic heterocycles. The van der Waals surface area contributed by atoms with Gasteiger partial charge in [-0.2, -0.15) is 18.4 Å². The fourth-order valence-electron chi connectivity index (χ4n) is 1.26. The highest BCUT2D eigenvalue weighted by Crippen LogP contribution is 2.35. The van der Waals surface area contributed by atoms with Crippen LogP contribution in [0.25, 0.3) is 0 Å². The molecule has 0 saturated heterocycles. The largest absolute Gasteiger partial charge is 0.420 e. The van der Waals surface area contributed by atoms with E-state index in [4.69, 9.17) is 5.26 Å². The number of ketones is 1. The van der Waals surface area contributed by atoms with Crippen LogP contribution in [0.3, 0.4) is 0 Å². The van der Waals surface area contributed by atoms with E-state index < -0.39 is 34.5 Å². The summed E-state index contributed by atoms with van der Waals surface area (Å²) in [7, 11) is 0. The third kappa shape index (κ3) is 2.03. The van der Waals surface area contributed by atoms with Gasteiger partial charge >= 0.3 is 6.18 Å². The van der Waals surface area contributed by atoms with Crippen LogP contribution in [0, 0.1) is 17.1 Å². The summed E-state index contributed by atoms with van der Waals surface area (Å²) in [4.78, 5) is 11.0. The van der Waals surface area contributed by atoms with E-state index >= 15 is 0 Å². The average Bonchev–Trinajstić information content (AvgIpc) is 2.14. The second kappa shape index (κ2) is 3.93. The van der Waals surface area contributed by atoms with Gasteiger partial charge in [0.05, 0.1) is 5.56 Å². The summed E-state index contributed by atoms with van der Waals surface area (Å²) in [5.74, 6) is -2.28. The number of Topliss-reactive ketones (excluding diaryl/α,β-unsaturated/α-hetero) is 1. The lowest BCUT2D eigenvalue weighted by molar-refractivity contribution is -0.140. The van der Waals surface area contributed by atoms with Gasteiger partial charge in [0.1, 0.15) is 17.4 Å². The zero-order valence-electron chi connectivity index (χ0n) is 8.02. The molecule has 16 heavy (non-hydrogen) atoms. The molecule has 0 aliphatic rings. The number of halogens is 4. The summed E-state index contributed by atoms with van der Waals surface area (Å²) in [6, 6.07) is 2.61.